The fraction of sp³-hybridized carbons (Fsp3) is 0.333. The maximum atomic E-state index is 3.68. The second-order valence-electron chi connectivity index (χ2n) is 3.33. The van der Waals surface area contributed by atoms with Crippen LogP contribution >= 0.6 is 0 Å². The largest absolute Gasteiger partial charge is 0.307 e. The van der Waals surface area contributed by atoms with Gasteiger partial charge in [0.15, 0.2) is 0 Å². The van der Waals surface area contributed by atoms with E-state index in [4.69, 9.17) is 0 Å². The van der Waals surface area contributed by atoms with Crippen molar-refractivity contribution in [3.63, 3.8) is 0 Å². The molecule has 1 aromatic rings. The molecule has 70 valence electrons. The highest BCUT2D eigenvalue weighted by Crippen LogP contribution is 2.12. The zero-order valence-corrected chi connectivity index (χ0v) is 8.38. The third kappa shape index (κ3) is 3.03. The first-order valence-corrected chi connectivity index (χ1v) is 4.65. The summed E-state index contributed by atoms with van der Waals surface area (Å²) >= 11 is 0. The molecule has 0 aliphatic rings. The van der Waals surface area contributed by atoms with E-state index in [2.05, 4.69) is 50.0 Å². The highest BCUT2D eigenvalue weighted by molar-refractivity contribution is 5.24. The summed E-state index contributed by atoms with van der Waals surface area (Å²) < 4.78 is 0. The van der Waals surface area contributed by atoms with Gasteiger partial charge in [-0.25, -0.2) is 0 Å². The molecule has 13 heavy (non-hydrogen) atoms. The molecule has 1 nitrogen and oxygen atoms in total. The number of rotatable bonds is 4. The van der Waals surface area contributed by atoms with Crippen LogP contribution in [0.1, 0.15) is 24.1 Å². The number of hydrogen-bond donors (Lipinski definition) is 1. The normalized spacial score (nSPS) is 12.5. The van der Waals surface area contributed by atoms with Crippen LogP contribution in [0.4, 0.5) is 0 Å². The topological polar surface area (TPSA) is 12.0 Å². The molecule has 0 saturated heterocycles. The molecule has 0 amide bonds. The van der Waals surface area contributed by atoms with E-state index in [0.29, 0.717) is 6.04 Å². The lowest BCUT2D eigenvalue weighted by Gasteiger charge is -2.12. The Labute approximate surface area is 80.5 Å². The van der Waals surface area contributed by atoms with Crippen LogP contribution in [0.5, 0.6) is 0 Å². The summed E-state index contributed by atoms with van der Waals surface area (Å²) in [5, 5.41) is 3.36. The summed E-state index contributed by atoms with van der Waals surface area (Å²) in [6.45, 7) is 8.82. The van der Waals surface area contributed by atoms with Crippen molar-refractivity contribution in [1.82, 2.24) is 5.32 Å². The van der Waals surface area contributed by atoms with E-state index in [1.807, 2.05) is 6.08 Å². The van der Waals surface area contributed by atoms with Crippen molar-refractivity contribution >= 4 is 0 Å². The molecule has 1 heteroatoms. The quantitative estimate of drug-likeness (QED) is 0.694. The molecule has 1 aromatic carbocycles. The standard InChI is InChI=1S/C12H17N/c1-4-8-13-11(3)12-7-5-6-10(2)9-12/h4-7,9,11,13H,1,8H2,2-3H3/t11-/m0/s1. The van der Waals surface area contributed by atoms with Gasteiger partial charge in [0.2, 0.25) is 0 Å². The van der Waals surface area contributed by atoms with Crippen LogP contribution in [-0.2, 0) is 0 Å². The Morgan fingerprint density at radius 1 is 1.54 bits per heavy atom. The molecule has 1 N–H and O–H groups in total. The van der Waals surface area contributed by atoms with E-state index in [0.717, 1.165) is 6.54 Å². The van der Waals surface area contributed by atoms with Gasteiger partial charge in [0.05, 0.1) is 0 Å². The monoisotopic (exact) mass is 175 g/mol. The van der Waals surface area contributed by atoms with Crippen molar-refractivity contribution in [2.24, 2.45) is 0 Å². The van der Waals surface area contributed by atoms with Gasteiger partial charge in [0, 0.05) is 12.6 Å². The fourth-order valence-corrected chi connectivity index (χ4v) is 1.32. The van der Waals surface area contributed by atoms with Gasteiger partial charge in [0.25, 0.3) is 0 Å². The molecule has 0 unspecified atom stereocenters. The zero-order chi connectivity index (χ0) is 9.68. The van der Waals surface area contributed by atoms with Crippen LogP contribution in [0.2, 0.25) is 0 Å². The Morgan fingerprint density at radius 2 is 2.31 bits per heavy atom. The summed E-state index contributed by atoms with van der Waals surface area (Å²) in [4.78, 5) is 0. The summed E-state index contributed by atoms with van der Waals surface area (Å²) in [7, 11) is 0. The average molecular weight is 175 g/mol. The van der Waals surface area contributed by atoms with Crippen molar-refractivity contribution < 1.29 is 0 Å². The first-order chi connectivity index (χ1) is 6.24. The minimum absolute atomic E-state index is 0.401. The van der Waals surface area contributed by atoms with Crippen molar-refractivity contribution in [3.05, 3.63) is 48.0 Å². The minimum atomic E-state index is 0.401. The molecule has 0 bridgehead atoms. The zero-order valence-electron chi connectivity index (χ0n) is 8.38. The van der Waals surface area contributed by atoms with E-state index >= 15 is 0 Å². The van der Waals surface area contributed by atoms with Crippen molar-refractivity contribution in [1.29, 1.82) is 0 Å². The number of aryl methyl sites for hydroxylation is 1. The van der Waals surface area contributed by atoms with E-state index in [9.17, 15) is 0 Å². The predicted molar refractivity (Wildman–Crippen MR) is 57.8 cm³/mol. The van der Waals surface area contributed by atoms with Crippen LogP contribution in [-0.4, -0.2) is 6.54 Å². The SMILES string of the molecule is C=CCN[C@@H](C)c1cccc(C)c1. The van der Waals surface area contributed by atoms with Crippen LogP contribution < -0.4 is 5.32 Å². The van der Waals surface area contributed by atoms with Crippen LogP contribution in [0, 0.1) is 6.92 Å². The van der Waals surface area contributed by atoms with Gasteiger partial charge in [-0.15, -0.1) is 6.58 Å². The lowest BCUT2D eigenvalue weighted by atomic mass is 10.1. The maximum Gasteiger partial charge on any atom is 0.0294 e. The fourth-order valence-electron chi connectivity index (χ4n) is 1.32. The summed E-state index contributed by atoms with van der Waals surface area (Å²) in [6, 6.07) is 8.97. The van der Waals surface area contributed by atoms with Gasteiger partial charge in [-0.3, -0.25) is 0 Å². The summed E-state index contributed by atoms with van der Waals surface area (Å²) in [6.07, 6.45) is 1.88. The highest BCUT2D eigenvalue weighted by Gasteiger charge is 2.02. The molecule has 0 aliphatic heterocycles. The minimum Gasteiger partial charge on any atom is -0.307 e. The Hall–Kier alpha value is -1.08. The molecule has 0 spiro atoms. The Kier molecular flexibility index (Phi) is 3.71. The molecule has 0 fully saturated rings. The average Bonchev–Trinajstić information content (AvgIpc) is 2.14. The maximum absolute atomic E-state index is 3.68. The van der Waals surface area contributed by atoms with E-state index < -0.39 is 0 Å². The van der Waals surface area contributed by atoms with Crippen LogP contribution in [0.15, 0.2) is 36.9 Å². The van der Waals surface area contributed by atoms with Crippen molar-refractivity contribution in [2.75, 3.05) is 6.54 Å². The molecular formula is C12H17N. The number of nitrogens with one attached hydrogen (secondary N) is 1. The third-order valence-corrected chi connectivity index (χ3v) is 2.11. The third-order valence-electron chi connectivity index (χ3n) is 2.11. The van der Waals surface area contributed by atoms with Crippen LogP contribution in [0.25, 0.3) is 0 Å². The van der Waals surface area contributed by atoms with Gasteiger partial charge in [0.1, 0.15) is 0 Å². The van der Waals surface area contributed by atoms with Crippen molar-refractivity contribution in [2.45, 2.75) is 19.9 Å². The first kappa shape index (κ1) is 10.0. The van der Waals surface area contributed by atoms with Crippen LogP contribution in [0.3, 0.4) is 0 Å². The van der Waals surface area contributed by atoms with Gasteiger partial charge < -0.3 is 5.32 Å². The Balaban J connectivity index is 2.65. The number of hydrogen-bond acceptors (Lipinski definition) is 1. The lowest BCUT2D eigenvalue weighted by molar-refractivity contribution is 0.617. The second-order valence-corrected chi connectivity index (χ2v) is 3.33. The smallest absolute Gasteiger partial charge is 0.0294 e. The van der Waals surface area contributed by atoms with Crippen molar-refractivity contribution in [3.8, 4) is 0 Å². The molecule has 0 heterocycles. The predicted octanol–water partition coefficient (Wildman–Crippen LogP) is 2.83. The molecule has 0 aromatic heterocycles. The Morgan fingerprint density at radius 3 is 2.92 bits per heavy atom. The second kappa shape index (κ2) is 4.83. The molecule has 0 aliphatic carbocycles. The molecular weight excluding hydrogens is 158 g/mol. The molecule has 0 radical (unpaired) electrons. The Bertz CT molecular complexity index is 278. The molecule has 1 atom stereocenters. The number of benzene rings is 1. The summed E-state index contributed by atoms with van der Waals surface area (Å²) in [5.41, 5.74) is 2.65. The molecule has 1 rings (SSSR count). The van der Waals surface area contributed by atoms with E-state index in [-0.39, 0.29) is 0 Å². The summed E-state index contributed by atoms with van der Waals surface area (Å²) in [5.74, 6) is 0. The van der Waals surface area contributed by atoms with E-state index in [1.165, 1.54) is 11.1 Å². The van der Waals surface area contributed by atoms with E-state index in [1.54, 1.807) is 0 Å². The molecule has 0 saturated carbocycles. The van der Waals surface area contributed by atoms with Gasteiger partial charge in [-0.1, -0.05) is 35.9 Å². The van der Waals surface area contributed by atoms with Gasteiger partial charge >= 0.3 is 0 Å². The highest BCUT2D eigenvalue weighted by atomic mass is 14.9. The van der Waals surface area contributed by atoms with Gasteiger partial charge in [-0.2, -0.15) is 0 Å². The first-order valence-electron chi connectivity index (χ1n) is 4.65. The lowest BCUT2D eigenvalue weighted by Crippen LogP contribution is -2.18. The van der Waals surface area contributed by atoms with Gasteiger partial charge in [-0.05, 0) is 19.4 Å².